The van der Waals surface area contributed by atoms with E-state index in [2.05, 4.69) is 48.9 Å². The molecule has 0 unspecified atom stereocenters. The molecule has 0 amide bonds. The van der Waals surface area contributed by atoms with Crippen LogP contribution in [0.4, 0.5) is 0 Å². The Balaban J connectivity index is 0.000000145. The van der Waals surface area contributed by atoms with Gasteiger partial charge in [0.25, 0.3) is 0 Å². The van der Waals surface area contributed by atoms with E-state index in [-0.39, 0.29) is 5.70 Å². The molecule has 3 aliphatic rings. The van der Waals surface area contributed by atoms with Crippen LogP contribution in [-0.4, -0.2) is 49.2 Å². The molecule has 6 heterocycles. The summed E-state index contributed by atoms with van der Waals surface area (Å²) in [5, 5.41) is 21.2. The third kappa shape index (κ3) is 8.57. The van der Waals surface area contributed by atoms with Gasteiger partial charge in [-0.1, -0.05) is 30.3 Å². The van der Waals surface area contributed by atoms with Gasteiger partial charge >= 0.3 is 11.9 Å². The second kappa shape index (κ2) is 15.3. The van der Waals surface area contributed by atoms with E-state index >= 15 is 0 Å². The summed E-state index contributed by atoms with van der Waals surface area (Å²) >= 11 is 1.25. The summed E-state index contributed by atoms with van der Waals surface area (Å²) in [5.74, 6) is -1.41. The van der Waals surface area contributed by atoms with Gasteiger partial charge in [-0.15, -0.1) is 0 Å². The van der Waals surface area contributed by atoms with Crippen LogP contribution in [0.25, 0.3) is 57.1 Å². The van der Waals surface area contributed by atoms with Gasteiger partial charge in [0.05, 0.1) is 35.8 Å². The minimum Gasteiger partial charge on any atom is -0.497 e. The fourth-order valence-electron chi connectivity index (χ4n) is 5.15. The maximum Gasteiger partial charge on any atom is 0.352 e. The average Bonchev–Trinajstić information content (AvgIpc) is 3.95. The molecule has 0 radical (unpaired) electrons. The van der Waals surface area contributed by atoms with Crippen LogP contribution < -0.4 is 9.46 Å². The van der Waals surface area contributed by atoms with Crippen molar-refractivity contribution < 1.29 is 24.5 Å². The van der Waals surface area contributed by atoms with Crippen LogP contribution in [-0.2, 0) is 9.59 Å². The van der Waals surface area contributed by atoms with Gasteiger partial charge in [0, 0.05) is 22.1 Å². The Morgan fingerprint density at radius 3 is 1.62 bits per heavy atom. The molecule has 2 aromatic carbocycles. The number of hydrogen-bond acceptors (Lipinski definition) is 7. The lowest BCUT2D eigenvalue weighted by Crippen LogP contribution is -2.13. The number of aromatic nitrogens is 4. The average molecular weight is 684 g/mol. The van der Waals surface area contributed by atoms with Crippen LogP contribution in [0.2, 0.25) is 0 Å². The number of ether oxygens (including phenoxy) is 1. The first-order valence-corrected chi connectivity index (χ1v) is 16.5. The Kier molecular flexibility index (Phi) is 10.2. The number of benzene rings is 2. The molecule has 250 valence electrons. The molecule has 0 aliphatic carbocycles. The number of rotatable bonds is 4. The molecule has 3 aromatic heterocycles. The van der Waals surface area contributed by atoms with Crippen LogP contribution in [0.1, 0.15) is 41.2 Å². The second-order valence-electron chi connectivity index (χ2n) is 11.4. The molecule has 5 N–H and O–H groups in total. The van der Waals surface area contributed by atoms with E-state index in [1.165, 1.54) is 18.0 Å². The fraction of sp³-hybridized carbons (Fsp3) is 0.0769. The van der Waals surface area contributed by atoms with Gasteiger partial charge in [0.15, 0.2) is 0 Å². The molecule has 3 aliphatic heterocycles. The van der Waals surface area contributed by atoms with Crippen molar-refractivity contribution in [3.05, 3.63) is 137 Å². The highest BCUT2D eigenvalue weighted by Gasteiger charge is 2.13. The number of H-pyrrole nitrogens is 2. The van der Waals surface area contributed by atoms with Crippen LogP contribution >= 0.6 is 11.9 Å². The maximum atomic E-state index is 10.9. The number of allylic oxidation sites excluding steroid dienone is 2. The van der Waals surface area contributed by atoms with E-state index in [1.54, 1.807) is 25.5 Å². The zero-order valence-electron chi connectivity index (χ0n) is 27.1. The number of methoxy groups -OCH3 is 1. The summed E-state index contributed by atoms with van der Waals surface area (Å²) in [4.78, 5) is 37.1. The molecular formula is C39H33N5O5S. The van der Waals surface area contributed by atoms with E-state index in [0.29, 0.717) is 0 Å². The minimum absolute atomic E-state index is 0.225. The minimum atomic E-state index is -0.924. The standard InChI is InChI=1S/C20H14N4.C14H14O3.C5H5NO2S/c1-2-14-10-16-5-6-18(23-16)12-20-8-7-19(24-20)11-17-4-3-15(22-17)9-13(1)21-14;1-9(14(15)16)10-3-4-12-8-13(17-2)6-5-11(12)7-10;7-5(8)4-2-1-3-9-6-4/h1-12,21,24H;3-9H,1-2H3,(H,15,16);1-3,6H,(H,7,8)/t;9-;/m.0./s1. The Morgan fingerprint density at radius 1 is 0.700 bits per heavy atom. The van der Waals surface area contributed by atoms with Gasteiger partial charge in [-0.05, 0) is 132 Å². The number of aromatic amines is 2. The monoisotopic (exact) mass is 683 g/mol. The molecule has 0 spiro atoms. The zero-order chi connectivity index (χ0) is 35.0. The first-order valence-electron chi connectivity index (χ1n) is 15.6. The molecule has 8 bridgehead atoms. The predicted molar refractivity (Wildman–Crippen MR) is 201 cm³/mol. The summed E-state index contributed by atoms with van der Waals surface area (Å²) in [6, 6.07) is 27.8. The number of hydrogen-bond donors (Lipinski definition) is 5. The molecule has 11 heteroatoms. The van der Waals surface area contributed by atoms with Crippen LogP contribution in [0.5, 0.6) is 5.75 Å². The van der Waals surface area contributed by atoms with Crippen molar-refractivity contribution in [1.82, 2.24) is 24.7 Å². The van der Waals surface area contributed by atoms with Crippen molar-refractivity contribution in [2.75, 3.05) is 7.11 Å². The normalized spacial score (nSPS) is 13.2. The van der Waals surface area contributed by atoms with Crippen molar-refractivity contribution in [2.45, 2.75) is 12.8 Å². The Labute approximate surface area is 291 Å². The number of carboxylic acid groups (broad SMARTS) is 2. The molecule has 1 atom stereocenters. The first-order chi connectivity index (χ1) is 24.2. The van der Waals surface area contributed by atoms with E-state index in [4.69, 9.17) is 14.9 Å². The third-order valence-corrected chi connectivity index (χ3v) is 8.42. The van der Waals surface area contributed by atoms with E-state index in [0.717, 1.165) is 66.9 Å². The molecule has 0 saturated carbocycles. The Bertz CT molecular complexity index is 2190. The summed E-state index contributed by atoms with van der Waals surface area (Å²) in [6.07, 6.45) is 11.3. The second-order valence-corrected chi connectivity index (χ2v) is 12.1. The molecular weight excluding hydrogens is 651 g/mol. The van der Waals surface area contributed by atoms with Gasteiger partial charge in [0.2, 0.25) is 0 Å². The highest BCUT2D eigenvalue weighted by molar-refractivity contribution is 8.00. The van der Waals surface area contributed by atoms with Crippen LogP contribution in [0.3, 0.4) is 0 Å². The first kappa shape index (κ1) is 33.6. The molecule has 10 nitrogen and oxygen atoms in total. The summed E-state index contributed by atoms with van der Waals surface area (Å²) in [7, 11) is 1.63. The lowest BCUT2D eigenvalue weighted by atomic mass is 9.98. The van der Waals surface area contributed by atoms with E-state index < -0.39 is 17.9 Å². The van der Waals surface area contributed by atoms with Crippen molar-refractivity contribution in [3.63, 3.8) is 0 Å². The van der Waals surface area contributed by atoms with Crippen molar-refractivity contribution in [1.29, 1.82) is 0 Å². The number of aliphatic carboxylic acids is 2. The van der Waals surface area contributed by atoms with Crippen molar-refractivity contribution >= 4 is 81.0 Å². The number of carboxylic acids is 2. The van der Waals surface area contributed by atoms with Gasteiger partial charge in [-0.3, -0.25) is 4.79 Å². The SMILES string of the molecule is C1=Cc2cc3ccc(cc4nc(cc5ccc(cc1n2)[nH]5)C=C4)[nH]3.COc1ccc2cc([C@H](C)C(=O)O)ccc2c1.O=C(O)C1=CC=CSN1. The number of carbonyl (C=O) groups is 2. The number of nitrogens with one attached hydrogen (secondary N) is 3. The quantitative estimate of drug-likeness (QED) is 0.115. The topological polar surface area (TPSA) is 153 Å². The van der Waals surface area contributed by atoms with E-state index in [9.17, 15) is 9.59 Å². The van der Waals surface area contributed by atoms with Crippen molar-refractivity contribution in [2.24, 2.45) is 0 Å². The largest absolute Gasteiger partial charge is 0.497 e. The molecule has 5 aromatic rings. The summed E-state index contributed by atoms with van der Waals surface area (Å²) in [6.45, 7) is 1.69. The summed E-state index contributed by atoms with van der Waals surface area (Å²) in [5.41, 5.74) is 8.90. The predicted octanol–water partition coefficient (Wildman–Crippen LogP) is 8.41. The van der Waals surface area contributed by atoms with Crippen molar-refractivity contribution in [3.8, 4) is 5.75 Å². The van der Waals surface area contributed by atoms with Gasteiger partial charge in [-0.25, -0.2) is 14.8 Å². The Hall–Kier alpha value is -6.33. The Morgan fingerprint density at radius 2 is 1.20 bits per heavy atom. The van der Waals surface area contributed by atoms with Gasteiger partial charge < -0.3 is 29.6 Å². The van der Waals surface area contributed by atoms with Crippen LogP contribution in [0, 0.1) is 0 Å². The number of fused-ring (bicyclic) bond motifs is 9. The van der Waals surface area contributed by atoms with Gasteiger partial charge in [0.1, 0.15) is 11.4 Å². The maximum absolute atomic E-state index is 10.9. The van der Waals surface area contributed by atoms with Crippen LogP contribution in [0.15, 0.2) is 108 Å². The zero-order valence-corrected chi connectivity index (χ0v) is 27.9. The van der Waals surface area contributed by atoms with E-state index in [1.807, 2.05) is 85.0 Å². The fourth-order valence-corrected chi connectivity index (χ4v) is 5.65. The lowest BCUT2D eigenvalue weighted by Gasteiger charge is -2.08. The molecule has 8 rings (SSSR count). The number of nitrogens with zero attached hydrogens (tertiary/aromatic N) is 2. The molecule has 50 heavy (non-hydrogen) atoms. The molecule has 0 saturated heterocycles. The highest BCUT2D eigenvalue weighted by Crippen LogP contribution is 2.25. The molecule has 0 fully saturated rings. The lowest BCUT2D eigenvalue weighted by molar-refractivity contribution is -0.138. The van der Waals surface area contributed by atoms with Gasteiger partial charge in [-0.2, -0.15) is 0 Å². The highest BCUT2D eigenvalue weighted by atomic mass is 32.2. The third-order valence-electron chi connectivity index (χ3n) is 7.79. The summed E-state index contributed by atoms with van der Waals surface area (Å²) < 4.78 is 7.75. The smallest absolute Gasteiger partial charge is 0.352 e.